The van der Waals surface area contributed by atoms with Crippen LogP contribution >= 0.6 is 0 Å². The molecular weight excluding hydrogens is 174 g/mol. The number of aromatic nitrogens is 1. The van der Waals surface area contributed by atoms with Crippen molar-refractivity contribution in [1.29, 1.82) is 0 Å². The van der Waals surface area contributed by atoms with E-state index in [2.05, 4.69) is 9.71 Å². The predicted octanol–water partition coefficient (Wildman–Crippen LogP) is 0.267. The number of thiol groups is 1. The third-order valence-electron chi connectivity index (χ3n) is 1.15. The van der Waals surface area contributed by atoms with Crippen molar-refractivity contribution >= 4 is 21.8 Å². The molecule has 0 atom stereocenters. The van der Waals surface area contributed by atoms with Crippen LogP contribution in [0.25, 0.3) is 0 Å². The summed E-state index contributed by atoms with van der Waals surface area (Å²) in [5.74, 6) is 0.983. The molecule has 0 spiro atoms. The number of nitrogens with one attached hydrogen (secondary N) is 1. The molecule has 1 heterocycles. The second-order valence-electron chi connectivity index (χ2n) is 2.91. The molecule has 0 fully saturated rings. The van der Waals surface area contributed by atoms with Gasteiger partial charge in [0.25, 0.3) is 0 Å². The molecule has 0 aliphatic carbocycles. The summed E-state index contributed by atoms with van der Waals surface area (Å²) in [4.78, 5) is 3.95. The van der Waals surface area contributed by atoms with Crippen molar-refractivity contribution in [2.24, 2.45) is 0 Å². The minimum atomic E-state index is -2.28. The molecule has 1 aromatic heterocycles. The van der Waals surface area contributed by atoms with Gasteiger partial charge in [-0.25, -0.2) is 4.98 Å². The highest BCUT2D eigenvalue weighted by Crippen LogP contribution is 2.08. The first-order valence-electron chi connectivity index (χ1n) is 3.53. The third-order valence-corrected chi connectivity index (χ3v) is 1.92. The van der Waals surface area contributed by atoms with Crippen LogP contribution in [0.2, 0.25) is 0 Å². The summed E-state index contributed by atoms with van der Waals surface area (Å²) in [5, 5.41) is 0. The molecule has 5 heteroatoms. The van der Waals surface area contributed by atoms with Crippen LogP contribution in [0.5, 0.6) is 0 Å². The summed E-state index contributed by atoms with van der Waals surface area (Å²) in [7, 11) is -2.28. The van der Waals surface area contributed by atoms with Gasteiger partial charge in [-0.3, -0.25) is 4.21 Å². The van der Waals surface area contributed by atoms with Gasteiger partial charge in [-0.2, -0.15) is 0 Å². The average Bonchev–Trinajstić information content (AvgIpc) is 1.82. The van der Waals surface area contributed by atoms with Gasteiger partial charge >= 0.3 is 0 Å². The Bertz CT molecular complexity index is 320. The van der Waals surface area contributed by atoms with Gasteiger partial charge in [0, 0.05) is 12.5 Å². The number of anilines is 2. The molecule has 0 unspecified atom stereocenters. The van der Waals surface area contributed by atoms with Crippen molar-refractivity contribution in [3.63, 3.8) is 0 Å². The predicted molar refractivity (Wildman–Crippen MR) is 53.7 cm³/mol. The van der Waals surface area contributed by atoms with Gasteiger partial charge < -0.3 is 10.5 Å². The van der Waals surface area contributed by atoms with E-state index in [1.165, 1.54) is 0 Å². The Labute approximate surface area is 72.7 Å². The van der Waals surface area contributed by atoms with Crippen molar-refractivity contribution in [2.45, 2.75) is 0 Å². The average molecular weight is 187 g/mol. The number of pyridine rings is 1. The maximum absolute atomic E-state index is 11.3. The summed E-state index contributed by atoms with van der Waals surface area (Å²) in [6, 6.07) is 5.18. The van der Waals surface area contributed by atoms with E-state index in [-0.39, 0.29) is 0 Å². The van der Waals surface area contributed by atoms with Crippen LogP contribution in [0.1, 0.15) is 0 Å². The molecule has 0 bridgehead atoms. The Morgan fingerprint density at radius 3 is 2.67 bits per heavy atom. The van der Waals surface area contributed by atoms with Crippen molar-refractivity contribution in [3.05, 3.63) is 18.2 Å². The topological polar surface area (TPSA) is 68.0 Å². The van der Waals surface area contributed by atoms with Crippen LogP contribution in [0.15, 0.2) is 18.2 Å². The van der Waals surface area contributed by atoms with E-state index >= 15 is 0 Å². The summed E-state index contributed by atoms with van der Waals surface area (Å²) < 4.78 is 14.1. The van der Waals surface area contributed by atoms with E-state index in [1.807, 2.05) is 0 Å². The zero-order valence-corrected chi connectivity index (χ0v) is 8.01. The third kappa shape index (κ3) is 2.87. The van der Waals surface area contributed by atoms with Gasteiger partial charge in [-0.1, -0.05) is 6.07 Å². The van der Waals surface area contributed by atoms with Crippen molar-refractivity contribution < 1.29 is 4.21 Å². The molecule has 0 saturated carbocycles. The summed E-state index contributed by atoms with van der Waals surface area (Å²) in [5.41, 5.74) is 5.44. The van der Waals surface area contributed by atoms with E-state index in [1.54, 1.807) is 30.7 Å². The first kappa shape index (κ1) is 8.99. The zero-order valence-electron chi connectivity index (χ0n) is 7.11. The highest BCUT2D eigenvalue weighted by molar-refractivity contribution is 8.02. The summed E-state index contributed by atoms with van der Waals surface area (Å²) >= 11 is 0. The fourth-order valence-corrected chi connectivity index (χ4v) is 1.47. The Balaban J connectivity index is 2.84. The van der Waals surface area contributed by atoms with Crippen LogP contribution in [-0.4, -0.2) is 21.7 Å². The maximum atomic E-state index is 11.3. The van der Waals surface area contributed by atoms with Crippen LogP contribution < -0.4 is 10.5 Å². The number of nitrogens with two attached hydrogens (primary N) is 1. The van der Waals surface area contributed by atoms with Gasteiger partial charge in [0.2, 0.25) is 0 Å². The standard InChI is InChI=1S/C7H13N3OS/c1-12(2,11)10-7-5-3-4-6(8)9-7/h3-5,12H,1-2H3,(H3,8,9,10,11). The van der Waals surface area contributed by atoms with Gasteiger partial charge in [-0.15, -0.1) is 0 Å². The van der Waals surface area contributed by atoms with E-state index < -0.39 is 10.1 Å². The monoisotopic (exact) mass is 187 g/mol. The molecule has 0 aliphatic heterocycles. The number of rotatable bonds is 2. The van der Waals surface area contributed by atoms with E-state index in [9.17, 15) is 4.21 Å². The molecule has 0 saturated heterocycles. The molecule has 0 aliphatic rings. The molecule has 3 N–H and O–H groups in total. The fraction of sp³-hybridized carbons (Fsp3) is 0.286. The molecule has 68 valence electrons. The summed E-state index contributed by atoms with van der Waals surface area (Å²) in [6.07, 6.45) is 3.27. The Morgan fingerprint density at radius 1 is 1.50 bits per heavy atom. The molecule has 4 nitrogen and oxygen atoms in total. The quantitative estimate of drug-likeness (QED) is 0.582. The Morgan fingerprint density at radius 2 is 2.17 bits per heavy atom. The number of hydrogen-bond acceptors (Lipinski definition) is 3. The lowest BCUT2D eigenvalue weighted by molar-refractivity contribution is 0.682. The first-order chi connectivity index (χ1) is 5.47. The molecular formula is C7H13N3OS. The molecule has 0 radical (unpaired) electrons. The fourth-order valence-electron chi connectivity index (χ4n) is 0.790. The summed E-state index contributed by atoms with van der Waals surface area (Å²) in [6.45, 7) is 0. The normalized spacial score (nSPS) is 12.5. The van der Waals surface area contributed by atoms with E-state index in [0.29, 0.717) is 11.6 Å². The lowest BCUT2D eigenvalue weighted by Crippen LogP contribution is -2.18. The first-order valence-corrected chi connectivity index (χ1v) is 6.13. The number of nitrogens with zero attached hydrogens (tertiary/aromatic N) is 1. The lowest BCUT2D eigenvalue weighted by Gasteiger charge is -2.14. The largest absolute Gasteiger partial charge is 0.384 e. The van der Waals surface area contributed by atoms with Gasteiger partial charge in [0.1, 0.15) is 11.6 Å². The SMILES string of the molecule is C[SH](C)(=O)Nc1cccc(N)n1. The van der Waals surface area contributed by atoms with Crippen LogP contribution in [-0.2, 0) is 10.1 Å². The Hall–Kier alpha value is -1.10. The second-order valence-corrected chi connectivity index (χ2v) is 5.84. The smallest absolute Gasteiger partial charge is 0.138 e. The van der Waals surface area contributed by atoms with E-state index in [4.69, 9.17) is 5.73 Å². The highest BCUT2D eigenvalue weighted by atomic mass is 32.3. The maximum Gasteiger partial charge on any atom is 0.138 e. The molecule has 1 rings (SSSR count). The lowest BCUT2D eigenvalue weighted by atomic mass is 10.4. The van der Waals surface area contributed by atoms with E-state index in [0.717, 1.165) is 0 Å². The molecule has 12 heavy (non-hydrogen) atoms. The van der Waals surface area contributed by atoms with Gasteiger partial charge in [0.15, 0.2) is 0 Å². The van der Waals surface area contributed by atoms with Crippen LogP contribution in [0.4, 0.5) is 11.6 Å². The van der Waals surface area contributed by atoms with Gasteiger partial charge in [0.05, 0.1) is 0 Å². The van der Waals surface area contributed by atoms with Crippen molar-refractivity contribution in [2.75, 3.05) is 23.0 Å². The zero-order chi connectivity index (χ0) is 9.19. The molecule has 0 aromatic carbocycles. The molecule has 1 aromatic rings. The van der Waals surface area contributed by atoms with Crippen LogP contribution in [0, 0.1) is 0 Å². The highest BCUT2D eigenvalue weighted by Gasteiger charge is 2.00. The van der Waals surface area contributed by atoms with Crippen LogP contribution in [0.3, 0.4) is 0 Å². The Kier molecular flexibility index (Phi) is 2.32. The van der Waals surface area contributed by atoms with Crippen molar-refractivity contribution in [1.82, 2.24) is 4.98 Å². The molecule has 0 amide bonds. The number of nitrogen functional groups attached to an aromatic ring is 1. The number of hydrogen-bond donors (Lipinski definition) is 3. The minimum Gasteiger partial charge on any atom is -0.384 e. The minimum absolute atomic E-state index is 0.424. The van der Waals surface area contributed by atoms with Crippen molar-refractivity contribution in [3.8, 4) is 0 Å². The van der Waals surface area contributed by atoms with Gasteiger partial charge in [-0.05, 0) is 22.3 Å². The second kappa shape index (κ2) is 3.10.